The van der Waals surface area contributed by atoms with Gasteiger partial charge in [0.05, 0.1) is 0 Å². The molecule has 0 aromatic carbocycles. The second-order valence-corrected chi connectivity index (χ2v) is 26.9. The van der Waals surface area contributed by atoms with Gasteiger partial charge in [0.25, 0.3) is 0 Å². The first-order chi connectivity index (χ1) is 10.3. The molecule has 0 aromatic rings. The average molecular weight is 350 g/mol. The Kier molecular flexibility index (Phi) is 5.32. The van der Waals surface area contributed by atoms with Crippen LogP contribution in [0.2, 0.25) is 10.5 Å². The molecule has 2 aliphatic rings. The molecule has 2 rings (SSSR count). The molecule has 0 spiro atoms. The van der Waals surface area contributed by atoms with Gasteiger partial charge in [-0.05, 0) is 0 Å². The molecule has 0 saturated carbocycles. The molecule has 0 saturated heterocycles. The van der Waals surface area contributed by atoms with Crippen LogP contribution in [0.25, 0.3) is 0 Å². The van der Waals surface area contributed by atoms with E-state index in [1.807, 2.05) is 3.88 Å². The Hall–Kier alpha value is -0.109. The van der Waals surface area contributed by atoms with Gasteiger partial charge in [0.1, 0.15) is 0 Å². The number of hydrogen-bond acceptors (Lipinski definition) is 0. The van der Waals surface area contributed by atoms with E-state index in [9.17, 15) is 0 Å². The standard InChI is InChI=1S/C13H21.C5H5.2CH3.H2Si.Ti/c1-5-10-9-11(6-2)13(8-4)12(10)7-3;1-2-4-5-3-1;;;;/h10H,5-8H2,1-4H3;1-3H,4H2;2*1H3;1H2;. The van der Waals surface area contributed by atoms with Gasteiger partial charge in [-0.3, -0.25) is 0 Å². The zero-order valence-corrected chi connectivity index (χ0v) is 18.5. The molecule has 0 bridgehead atoms. The summed E-state index contributed by atoms with van der Waals surface area (Å²) in [5.74, 6) is 0.737. The van der Waals surface area contributed by atoms with Gasteiger partial charge < -0.3 is 0 Å². The normalized spacial score (nSPS) is 22.9. The number of rotatable bonds is 6. The third kappa shape index (κ3) is 2.74. The Balaban J connectivity index is 2.69. The topological polar surface area (TPSA) is 0 Å². The van der Waals surface area contributed by atoms with Gasteiger partial charge in [-0.1, -0.05) is 0 Å². The van der Waals surface area contributed by atoms with Crippen molar-refractivity contribution in [2.75, 3.05) is 0 Å². The predicted octanol–water partition coefficient (Wildman–Crippen LogP) is 5.98. The molecule has 0 radical (unpaired) electrons. The zero-order valence-electron chi connectivity index (χ0n) is 15.6. The fraction of sp³-hybridized carbons (Fsp3) is 0.600. The minimum absolute atomic E-state index is 0.737. The van der Waals surface area contributed by atoms with Crippen LogP contribution in [0.3, 0.4) is 0 Å². The Labute approximate surface area is 140 Å². The molecule has 0 fully saturated rings. The zero-order chi connectivity index (χ0) is 16.6. The first-order valence-electron chi connectivity index (χ1n) is 9.20. The van der Waals surface area contributed by atoms with E-state index in [1.165, 1.54) is 32.1 Å². The van der Waals surface area contributed by atoms with E-state index in [0.29, 0.717) is 0 Å². The fourth-order valence-electron chi connectivity index (χ4n) is 4.96. The Morgan fingerprint density at radius 3 is 2.09 bits per heavy atom. The third-order valence-corrected chi connectivity index (χ3v) is 17.0. The summed E-state index contributed by atoms with van der Waals surface area (Å²) in [6, 6.07) is 0. The van der Waals surface area contributed by atoms with E-state index in [0.717, 1.165) is 5.92 Å². The molecular formula is C20H34SiTi. The molecular weight excluding hydrogens is 316 g/mol. The van der Waals surface area contributed by atoms with Crippen molar-refractivity contribution in [3.8, 4) is 0 Å². The summed E-state index contributed by atoms with van der Waals surface area (Å²) in [6.45, 7) is 9.51. The summed E-state index contributed by atoms with van der Waals surface area (Å²) in [4.78, 5) is 0. The quantitative estimate of drug-likeness (QED) is 0.517. The molecule has 0 nitrogen and oxygen atoms in total. The van der Waals surface area contributed by atoms with Crippen molar-refractivity contribution in [2.24, 2.45) is 5.92 Å². The van der Waals surface area contributed by atoms with Gasteiger partial charge in [-0.15, -0.1) is 0 Å². The van der Waals surface area contributed by atoms with Crippen LogP contribution < -0.4 is 0 Å². The summed E-state index contributed by atoms with van der Waals surface area (Å²) in [6.07, 6.45) is 13.3. The van der Waals surface area contributed by atoms with Gasteiger partial charge in [0, 0.05) is 0 Å². The average Bonchev–Trinajstić information content (AvgIpc) is 3.11. The van der Waals surface area contributed by atoms with Gasteiger partial charge in [0.15, 0.2) is 0 Å². The second-order valence-electron chi connectivity index (χ2n) is 7.93. The van der Waals surface area contributed by atoms with Gasteiger partial charge >= 0.3 is 141 Å². The van der Waals surface area contributed by atoms with E-state index >= 15 is 0 Å². The van der Waals surface area contributed by atoms with Gasteiger partial charge in [0.2, 0.25) is 0 Å². The maximum absolute atomic E-state index is 2.75. The third-order valence-electron chi connectivity index (χ3n) is 6.01. The predicted molar refractivity (Wildman–Crippen MR) is 101 cm³/mol. The molecule has 1 atom stereocenters. The molecule has 0 heterocycles. The summed E-state index contributed by atoms with van der Waals surface area (Å²) in [7, 11) is 2.40. The van der Waals surface area contributed by atoms with E-state index in [-0.39, 0.29) is 0 Å². The summed E-state index contributed by atoms with van der Waals surface area (Å²) in [5.41, 5.74) is 5.26. The van der Waals surface area contributed by atoms with Crippen LogP contribution in [0.4, 0.5) is 0 Å². The first-order valence-corrected chi connectivity index (χ1v) is 17.9. The Bertz CT molecular complexity index is 649. The van der Waals surface area contributed by atoms with E-state index in [4.69, 9.17) is 0 Å². The SMILES string of the molecule is CCC1=C(CC)C(CC)[C]([Ti]([CH3])([CH3])(=[SiH2])[C]2=CC=CC2)=C1CC. The van der Waals surface area contributed by atoms with Crippen LogP contribution in [0.15, 0.2) is 42.7 Å². The molecule has 122 valence electrons. The van der Waals surface area contributed by atoms with Crippen molar-refractivity contribution >= 4 is 7.63 Å². The van der Waals surface area contributed by atoms with E-state index in [2.05, 4.69) is 64.0 Å². The van der Waals surface area contributed by atoms with Crippen LogP contribution in [0.1, 0.15) is 59.8 Å². The summed E-state index contributed by atoms with van der Waals surface area (Å²) < 4.78 is 3.70. The number of hydrogen-bond donors (Lipinski definition) is 0. The monoisotopic (exact) mass is 350 g/mol. The second kappa shape index (κ2) is 6.42. The molecule has 0 N–H and O–H groups in total. The molecule has 2 heteroatoms. The van der Waals surface area contributed by atoms with Crippen molar-refractivity contribution in [3.05, 3.63) is 42.7 Å². The summed E-state index contributed by atoms with van der Waals surface area (Å²) in [5, 5.41) is 5.35. The molecule has 22 heavy (non-hydrogen) atoms. The Morgan fingerprint density at radius 1 is 1.05 bits per heavy atom. The molecule has 0 amide bonds. The maximum atomic E-state index is 2.67. The van der Waals surface area contributed by atoms with Crippen molar-refractivity contribution < 1.29 is 14.0 Å². The van der Waals surface area contributed by atoms with Crippen molar-refractivity contribution in [1.29, 1.82) is 0 Å². The van der Waals surface area contributed by atoms with Crippen LogP contribution in [-0.4, -0.2) is 7.63 Å². The van der Waals surface area contributed by atoms with Crippen LogP contribution in [0.5, 0.6) is 0 Å². The van der Waals surface area contributed by atoms with Crippen LogP contribution in [0, 0.1) is 5.92 Å². The number of allylic oxidation sites excluding steroid dienone is 8. The fourth-order valence-corrected chi connectivity index (χ4v) is 15.0. The molecule has 0 aromatic heterocycles. The van der Waals surface area contributed by atoms with Gasteiger partial charge in [-0.2, -0.15) is 0 Å². The molecule has 0 aliphatic heterocycles. The summed E-state index contributed by atoms with van der Waals surface area (Å²) >= 11 is -2.75. The van der Waals surface area contributed by atoms with Crippen molar-refractivity contribution in [1.82, 2.24) is 0 Å². The van der Waals surface area contributed by atoms with Crippen molar-refractivity contribution in [3.63, 3.8) is 0 Å². The van der Waals surface area contributed by atoms with Gasteiger partial charge in [-0.25, -0.2) is 0 Å². The molecule has 1 unspecified atom stereocenters. The van der Waals surface area contributed by atoms with E-state index in [1.54, 1.807) is 20.6 Å². The van der Waals surface area contributed by atoms with Crippen LogP contribution in [-0.2, 0) is 14.0 Å². The van der Waals surface area contributed by atoms with E-state index < -0.39 is 14.0 Å². The Morgan fingerprint density at radius 2 is 1.68 bits per heavy atom. The first kappa shape index (κ1) is 18.2. The van der Waals surface area contributed by atoms with Crippen LogP contribution >= 0.6 is 0 Å². The minimum atomic E-state index is -2.75. The van der Waals surface area contributed by atoms with Crippen molar-refractivity contribution in [2.45, 2.75) is 70.3 Å². The molecule has 2 aliphatic carbocycles.